The molecule has 1 aliphatic rings. The highest BCUT2D eigenvalue weighted by molar-refractivity contribution is 14.1. The summed E-state index contributed by atoms with van der Waals surface area (Å²) in [6.07, 6.45) is 0. The summed E-state index contributed by atoms with van der Waals surface area (Å²) in [5.74, 6) is 2.83. The second kappa shape index (κ2) is 16.8. The molecule has 10 heteroatoms. The van der Waals surface area contributed by atoms with E-state index in [2.05, 4.69) is 116 Å². The van der Waals surface area contributed by atoms with E-state index in [-0.39, 0.29) is 0 Å². The van der Waals surface area contributed by atoms with Gasteiger partial charge in [0.15, 0.2) is 0 Å². The number of benzene rings is 6. The fourth-order valence-corrected chi connectivity index (χ4v) is 7.35. The molecule has 0 saturated carbocycles. The van der Waals surface area contributed by atoms with E-state index in [0.29, 0.717) is 75.7 Å². The van der Waals surface area contributed by atoms with Gasteiger partial charge in [-0.2, -0.15) is 0 Å². The molecule has 8 nitrogen and oxygen atoms in total. The van der Waals surface area contributed by atoms with Gasteiger partial charge in [-0.1, -0.05) is 72.8 Å². The fourth-order valence-electron chi connectivity index (χ4n) is 5.83. The zero-order valence-corrected chi connectivity index (χ0v) is 31.5. The summed E-state index contributed by atoms with van der Waals surface area (Å²) in [5, 5.41) is 13.3. The van der Waals surface area contributed by atoms with Crippen LogP contribution < -0.4 is 18.9 Å². The maximum absolute atomic E-state index is 6.60. The number of fused-ring (bicyclic) bond motifs is 9. The molecule has 0 saturated heterocycles. The van der Waals surface area contributed by atoms with Crippen molar-refractivity contribution in [2.45, 2.75) is 0 Å². The van der Waals surface area contributed by atoms with Crippen molar-refractivity contribution in [2.24, 2.45) is 10.2 Å². The summed E-state index contributed by atoms with van der Waals surface area (Å²) < 4.78 is 39.2. The van der Waals surface area contributed by atoms with Crippen molar-refractivity contribution in [3.05, 3.63) is 116 Å². The van der Waals surface area contributed by atoms with Crippen molar-refractivity contribution in [2.75, 3.05) is 52.9 Å². The van der Waals surface area contributed by atoms with Crippen LogP contribution in [0.4, 0.5) is 11.4 Å². The number of rotatable bonds is 0. The Morgan fingerprint density at radius 3 is 1.26 bits per heavy atom. The Morgan fingerprint density at radius 2 is 0.800 bits per heavy atom. The molecule has 0 radical (unpaired) electrons. The highest BCUT2D eigenvalue weighted by Gasteiger charge is 2.23. The van der Waals surface area contributed by atoms with E-state index in [1.807, 2.05) is 48.5 Å². The van der Waals surface area contributed by atoms with Crippen molar-refractivity contribution in [1.29, 1.82) is 0 Å². The molecular weight excluding hydrogens is 858 g/mol. The first-order valence-corrected chi connectivity index (χ1v) is 18.5. The zero-order valence-electron chi connectivity index (χ0n) is 27.1. The predicted octanol–water partition coefficient (Wildman–Crippen LogP) is 10.5. The third-order valence-electron chi connectivity index (χ3n) is 8.08. The second-order valence-electron chi connectivity index (χ2n) is 11.3. The quantitative estimate of drug-likeness (QED) is 0.141. The van der Waals surface area contributed by atoms with Crippen molar-refractivity contribution in [3.8, 4) is 34.1 Å². The lowest BCUT2D eigenvalue weighted by Crippen LogP contribution is -2.14. The molecule has 0 spiro atoms. The lowest BCUT2D eigenvalue weighted by atomic mass is 9.92. The Bertz CT molecular complexity index is 1990. The Kier molecular flexibility index (Phi) is 11.6. The van der Waals surface area contributed by atoms with Crippen LogP contribution in [0.15, 0.2) is 119 Å². The summed E-state index contributed by atoms with van der Waals surface area (Å²) in [7, 11) is 0. The SMILES string of the molecule is Ic1cc2ccccc2c2c1OCCOCCOc1ccccc1N=Nc1ccccc1OCCOCCOc1c(I)cc3ccccc3c1-2. The van der Waals surface area contributed by atoms with Crippen LogP contribution in [0.1, 0.15) is 0 Å². The molecule has 0 amide bonds. The topological polar surface area (TPSA) is 80.1 Å². The highest BCUT2D eigenvalue weighted by Crippen LogP contribution is 2.49. The van der Waals surface area contributed by atoms with Gasteiger partial charge in [-0.3, -0.25) is 0 Å². The monoisotopic (exact) mass is 892 g/mol. The van der Waals surface area contributed by atoms with Crippen LogP contribution >= 0.6 is 45.2 Å². The largest absolute Gasteiger partial charge is 0.489 e. The second-order valence-corrected chi connectivity index (χ2v) is 13.6. The van der Waals surface area contributed by atoms with Crippen molar-refractivity contribution in [3.63, 3.8) is 0 Å². The molecule has 6 aromatic rings. The molecule has 0 aliphatic carbocycles. The van der Waals surface area contributed by atoms with Crippen LogP contribution in [0.25, 0.3) is 32.7 Å². The number of ether oxygens (including phenoxy) is 6. The average molecular weight is 893 g/mol. The number of nitrogens with zero attached hydrogens (tertiary/aromatic N) is 2. The van der Waals surface area contributed by atoms with Gasteiger partial charge in [0.1, 0.15) is 60.8 Å². The minimum absolute atomic E-state index is 0.347. The van der Waals surface area contributed by atoms with Crippen molar-refractivity contribution < 1.29 is 28.4 Å². The molecule has 1 heterocycles. The van der Waals surface area contributed by atoms with Gasteiger partial charge in [0.05, 0.1) is 33.6 Å². The van der Waals surface area contributed by atoms with E-state index in [1.165, 1.54) is 0 Å². The molecule has 0 fully saturated rings. The Hall–Kier alpha value is -3.98. The van der Waals surface area contributed by atoms with Gasteiger partial charge in [-0.05, 0) is 103 Å². The molecule has 0 atom stereocenters. The standard InChI is InChI=1S/C40H34I2N2O6/c41-31-25-27-9-1-3-11-29(27)37-38-30-12-4-2-10-28(30)26-32(42)40(38)50-24-20-46-18-22-48-36-16-8-6-14-34(36)44-43-33-13-5-7-15-35(33)47-21-17-45-19-23-49-39(31)37/h1-16,25-26H,17-24H2. The highest BCUT2D eigenvalue weighted by atomic mass is 127. The van der Waals surface area contributed by atoms with Gasteiger partial charge in [0.2, 0.25) is 0 Å². The van der Waals surface area contributed by atoms with Crippen molar-refractivity contribution >= 4 is 78.1 Å². The van der Waals surface area contributed by atoms with E-state index in [9.17, 15) is 0 Å². The third kappa shape index (κ3) is 7.98. The maximum atomic E-state index is 6.60. The maximum Gasteiger partial charge on any atom is 0.146 e. The average Bonchev–Trinajstić information content (AvgIpc) is 3.14. The summed E-state index contributed by atoms with van der Waals surface area (Å²) >= 11 is 4.74. The van der Waals surface area contributed by atoms with Gasteiger partial charge in [-0.15, -0.1) is 10.2 Å². The molecule has 7 rings (SSSR count). The van der Waals surface area contributed by atoms with E-state index < -0.39 is 0 Å². The van der Waals surface area contributed by atoms with Crippen LogP contribution in [0, 0.1) is 7.14 Å². The van der Waals surface area contributed by atoms with Crippen LogP contribution in [-0.4, -0.2) is 52.9 Å². The normalized spacial score (nSPS) is 14.8. The van der Waals surface area contributed by atoms with Gasteiger partial charge in [-0.25, -0.2) is 0 Å². The Morgan fingerprint density at radius 1 is 0.420 bits per heavy atom. The molecule has 254 valence electrons. The predicted molar refractivity (Wildman–Crippen MR) is 213 cm³/mol. The van der Waals surface area contributed by atoms with Gasteiger partial charge < -0.3 is 28.4 Å². The summed E-state index contributed by atoms with van der Waals surface area (Å²) in [6.45, 7) is 2.96. The summed E-state index contributed by atoms with van der Waals surface area (Å²) in [6, 6.07) is 36.2. The number of hydrogen-bond donors (Lipinski definition) is 0. The Labute approximate surface area is 318 Å². The minimum Gasteiger partial charge on any atom is -0.489 e. The Balaban J connectivity index is 1.22. The van der Waals surface area contributed by atoms with Crippen LogP contribution in [0.2, 0.25) is 0 Å². The van der Waals surface area contributed by atoms with Gasteiger partial charge in [0.25, 0.3) is 0 Å². The molecule has 0 aromatic heterocycles. The van der Waals surface area contributed by atoms with Gasteiger partial charge >= 0.3 is 0 Å². The van der Waals surface area contributed by atoms with Crippen LogP contribution in [-0.2, 0) is 9.47 Å². The van der Waals surface area contributed by atoms with Crippen LogP contribution in [0.3, 0.4) is 0 Å². The summed E-state index contributed by atoms with van der Waals surface area (Å²) in [4.78, 5) is 0. The zero-order chi connectivity index (χ0) is 34.1. The number of azo groups is 1. The third-order valence-corrected chi connectivity index (χ3v) is 9.68. The number of halogens is 2. The molecule has 0 N–H and O–H groups in total. The first kappa shape index (κ1) is 34.5. The smallest absolute Gasteiger partial charge is 0.146 e. The van der Waals surface area contributed by atoms with E-state index in [1.54, 1.807) is 0 Å². The van der Waals surface area contributed by atoms with Gasteiger partial charge in [0, 0.05) is 11.1 Å². The number of hydrogen-bond acceptors (Lipinski definition) is 8. The lowest BCUT2D eigenvalue weighted by Gasteiger charge is -2.22. The molecule has 6 aromatic carbocycles. The molecule has 1 aliphatic heterocycles. The molecular formula is C40H34I2N2O6. The first-order chi connectivity index (χ1) is 24.7. The first-order valence-electron chi connectivity index (χ1n) is 16.4. The molecule has 50 heavy (non-hydrogen) atoms. The van der Waals surface area contributed by atoms with Crippen LogP contribution in [0.5, 0.6) is 23.0 Å². The lowest BCUT2D eigenvalue weighted by molar-refractivity contribution is 0.0760. The van der Waals surface area contributed by atoms with Crippen molar-refractivity contribution in [1.82, 2.24) is 0 Å². The van der Waals surface area contributed by atoms with E-state index in [0.717, 1.165) is 51.3 Å². The molecule has 0 bridgehead atoms. The van der Waals surface area contributed by atoms with E-state index in [4.69, 9.17) is 28.4 Å². The summed E-state index contributed by atoms with van der Waals surface area (Å²) in [5.41, 5.74) is 3.22. The number of para-hydroxylation sites is 2. The van der Waals surface area contributed by atoms with E-state index >= 15 is 0 Å². The minimum atomic E-state index is 0.347. The molecule has 0 unspecified atom stereocenters. The fraction of sp³-hybridized carbons (Fsp3) is 0.200.